The van der Waals surface area contributed by atoms with Crippen LogP contribution in [0.3, 0.4) is 0 Å². The summed E-state index contributed by atoms with van der Waals surface area (Å²) in [5.41, 5.74) is 4.07. The van der Waals surface area contributed by atoms with Gasteiger partial charge in [0.1, 0.15) is 0 Å². The molecule has 1 fully saturated rings. The fraction of sp³-hybridized carbons (Fsp3) is 0.304. The van der Waals surface area contributed by atoms with Crippen molar-refractivity contribution in [1.82, 2.24) is 15.2 Å². The molecule has 27 heavy (non-hydrogen) atoms. The third-order valence-electron chi connectivity index (χ3n) is 5.34. The number of rotatable bonds is 4. The molecule has 1 N–H and O–H groups in total. The maximum atomic E-state index is 12.8. The summed E-state index contributed by atoms with van der Waals surface area (Å²) in [5.74, 6) is 0.598. The summed E-state index contributed by atoms with van der Waals surface area (Å²) >= 11 is 0. The van der Waals surface area contributed by atoms with Crippen LogP contribution in [-0.2, 0) is 6.54 Å². The van der Waals surface area contributed by atoms with Crippen LogP contribution in [0.2, 0.25) is 0 Å². The summed E-state index contributed by atoms with van der Waals surface area (Å²) in [6.45, 7) is 2.69. The zero-order chi connectivity index (χ0) is 18.6. The fourth-order valence-corrected chi connectivity index (χ4v) is 3.80. The Balaban J connectivity index is 1.44. The minimum Gasteiger partial charge on any atom is -0.337 e. The molecule has 2 heterocycles. The number of aromatic nitrogens is 1. The molecular weight excluding hydrogens is 334 g/mol. The molecule has 3 aromatic rings. The van der Waals surface area contributed by atoms with Crippen LogP contribution in [0.15, 0.2) is 60.8 Å². The summed E-state index contributed by atoms with van der Waals surface area (Å²) in [7, 11) is 1.84. The Morgan fingerprint density at radius 2 is 2.00 bits per heavy atom. The molecule has 1 aromatic heterocycles. The maximum absolute atomic E-state index is 12.8. The van der Waals surface area contributed by atoms with Crippen LogP contribution in [0.25, 0.3) is 10.9 Å². The number of hydrogen-bond acceptors (Lipinski definition) is 3. The Hall–Kier alpha value is -2.72. The van der Waals surface area contributed by atoms with Gasteiger partial charge < -0.3 is 10.2 Å². The lowest BCUT2D eigenvalue weighted by atomic mass is 9.91. The van der Waals surface area contributed by atoms with E-state index in [9.17, 15) is 4.79 Å². The van der Waals surface area contributed by atoms with E-state index in [1.165, 1.54) is 18.4 Å². The molecule has 0 spiro atoms. The first-order valence-electron chi connectivity index (χ1n) is 9.60. The molecule has 2 aromatic carbocycles. The molecule has 1 aliphatic rings. The molecule has 4 heteroatoms. The average Bonchev–Trinajstić information content (AvgIpc) is 2.74. The number of fused-ring (bicyclic) bond motifs is 1. The third kappa shape index (κ3) is 4.01. The van der Waals surface area contributed by atoms with Crippen molar-refractivity contribution in [3.05, 3.63) is 77.5 Å². The van der Waals surface area contributed by atoms with Gasteiger partial charge in [-0.1, -0.05) is 30.3 Å². The highest BCUT2D eigenvalue weighted by Gasteiger charge is 2.17. The fourth-order valence-electron chi connectivity index (χ4n) is 3.80. The molecule has 0 radical (unpaired) electrons. The van der Waals surface area contributed by atoms with Crippen LogP contribution in [0.4, 0.5) is 0 Å². The van der Waals surface area contributed by atoms with E-state index in [-0.39, 0.29) is 5.91 Å². The van der Waals surface area contributed by atoms with Gasteiger partial charge in [-0.05, 0) is 60.7 Å². The Labute approximate surface area is 160 Å². The number of piperidine rings is 1. The van der Waals surface area contributed by atoms with E-state index >= 15 is 0 Å². The van der Waals surface area contributed by atoms with Crippen molar-refractivity contribution in [2.75, 3.05) is 20.1 Å². The van der Waals surface area contributed by atoms with E-state index in [4.69, 9.17) is 0 Å². The number of nitrogens with one attached hydrogen (secondary N) is 1. The normalized spacial score (nSPS) is 17.0. The lowest BCUT2D eigenvalue weighted by molar-refractivity contribution is 0.0785. The lowest BCUT2D eigenvalue weighted by Gasteiger charge is -2.23. The van der Waals surface area contributed by atoms with E-state index in [1.54, 1.807) is 4.90 Å². The van der Waals surface area contributed by atoms with E-state index in [1.807, 2.05) is 49.6 Å². The van der Waals surface area contributed by atoms with Crippen molar-refractivity contribution < 1.29 is 4.79 Å². The second-order valence-corrected chi connectivity index (χ2v) is 7.36. The zero-order valence-corrected chi connectivity index (χ0v) is 15.7. The molecule has 0 unspecified atom stereocenters. The van der Waals surface area contributed by atoms with Gasteiger partial charge in [0.2, 0.25) is 0 Å². The monoisotopic (exact) mass is 359 g/mol. The van der Waals surface area contributed by atoms with Gasteiger partial charge in [0.15, 0.2) is 0 Å². The second-order valence-electron chi connectivity index (χ2n) is 7.36. The van der Waals surface area contributed by atoms with Gasteiger partial charge in [-0.2, -0.15) is 0 Å². The highest BCUT2D eigenvalue weighted by molar-refractivity contribution is 5.94. The standard InChI is InChI=1S/C23H25N3O/c1-26(16-17-13-20-5-2-3-7-22(20)25-14-17)23(27)19-10-8-18(9-11-19)21-6-4-12-24-15-21/h2-3,5,7-11,13-14,21,24H,4,6,12,15-16H2,1H3/t21-/m1/s1. The Bertz CT molecular complexity index is 930. The molecular formula is C23H25N3O. The SMILES string of the molecule is CN(Cc1cnc2ccccc2c1)C(=O)c1ccc([C@@H]2CCCNC2)cc1. The average molecular weight is 359 g/mol. The van der Waals surface area contributed by atoms with Crippen molar-refractivity contribution in [2.45, 2.75) is 25.3 Å². The van der Waals surface area contributed by atoms with Crippen LogP contribution in [0.5, 0.6) is 0 Å². The summed E-state index contributed by atoms with van der Waals surface area (Å²) in [5, 5.41) is 4.55. The second kappa shape index (κ2) is 7.89. The molecule has 0 aliphatic carbocycles. The van der Waals surface area contributed by atoms with Crippen LogP contribution < -0.4 is 5.32 Å². The zero-order valence-electron chi connectivity index (χ0n) is 15.7. The summed E-state index contributed by atoms with van der Waals surface area (Å²) < 4.78 is 0. The first-order valence-corrected chi connectivity index (χ1v) is 9.60. The lowest BCUT2D eigenvalue weighted by Crippen LogP contribution is -2.28. The molecule has 4 nitrogen and oxygen atoms in total. The first kappa shape index (κ1) is 17.7. The van der Waals surface area contributed by atoms with E-state index in [0.717, 1.165) is 35.1 Å². The topological polar surface area (TPSA) is 45.2 Å². The van der Waals surface area contributed by atoms with Crippen LogP contribution >= 0.6 is 0 Å². The molecule has 1 aliphatic heterocycles. The van der Waals surface area contributed by atoms with Gasteiger partial charge in [0.05, 0.1) is 5.52 Å². The van der Waals surface area contributed by atoms with Crippen molar-refractivity contribution >= 4 is 16.8 Å². The third-order valence-corrected chi connectivity index (χ3v) is 5.34. The van der Waals surface area contributed by atoms with Gasteiger partial charge in [-0.25, -0.2) is 0 Å². The van der Waals surface area contributed by atoms with Gasteiger partial charge in [-0.15, -0.1) is 0 Å². The maximum Gasteiger partial charge on any atom is 0.253 e. The number of para-hydroxylation sites is 1. The predicted molar refractivity (Wildman–Crippen MR) is 109 cm³/mol. The molecule has 0 saturated carbocycles. The van der Waals surface area contributed by atoms with Crippen LogP contribution in [0.1, 0.15) is 40.2 Å². The summed E-state index contributed by atoms with van der Waals surface area (Å²) in [6, 6.07) is 18.3. The highest BCUT2D eigenvalue weighted by Crippen LogP contribution is 2.23. The van der Waals surface area contributed by atoms with Crippen LogP contribution in [0, 0.1) is 0 Å². The predicted octanol–water partition coefficient (Wildman–Crippen LogP) is 3.97. The highest BCUT2D eigenvalue weighted by atomic mass is 16.2. The summed E-state index contributed by atoms with van der Waals surface area (Å²) in [4.78, 5) is 19.0. The number of benzene rings is 2. The Morgan fingerprint density at radius 1 is 1.19 bits per heavy atom. The van der Waals surface area contributed by atoms with E-state index < -0.39 is 0 Å². The number of carbonyl (C=O) groups is 1. The summed E-state index contributed by atoms with van der Waals surface area (Å²) in [6.07, 6.45) is 4.29. The van der Waals surface area contributed by atoms with Crippen LogP contribution in [-0.4, -0.2) is 35.9 Å². The molecule has 1 atom stereocenters. The minimum atomic E-state index is 0.0384. The van der Waals surface area contributed by atoms with Gasteiger partial charge in [0.25, 0.3) is 5.91 Å². The minimum absolute atomic E-state index is 0.0384. The number of amides is 1. The Kier molecular flexibility index (Phi) is 5.16. The van der Waals surface area contributed by atoms with Crippen molar-refractivity contribution in [3.63, 3.8) is 0 Å². The van der Waals surface area contributed by atoms with Crippen molar-refractivity contribution in [3.8, 4) is 0 Å². The van der Waals surface area contributed by atoms with Gasteiger partial charge >= 0.3 is 0 Å². The number of hydrogen-bond donors (Lipinski definition) is 1. The molecule has 1 saturated heterocycles. The number of pyridine rings is 1. The quantitative estimate of drug-likeness (QED) is 0.766. The van der Waals surface area contributed by atoms with E-state index in [2.05, 4.69) is 28.5 Å². The van der Waals surface area contributed by atoms with Gasteiger partial charge in [-0.3, -0.25) is 9.78 Å². The molecule has 1 amide bonds. The van der Waals surface area contributed by atoms with E-state index in [0.29, 0.717) is 12.5 Å². The molecule has 4 rings (SSSR count). The molecule has 0 bridgehead atoms. The van der Waals surface area contributed by atoms with Gasteiger partial charge in [0, 0.05) is 37.3 Å². The number of carbonyl (C=O) groups excluding carboxylic acids is 1. The smallest absolute Gasteiger partial charge is 0.253 e. The number of nitrogens with zero attached hydrogens (tertiary/aromatic N) is 2. The molecule has 138 valence electrons. The van der Waals surface area contributed by atoms with Crippen molar-refractivity contribution in [2.24, 2.45) is 0 Å². The first-order chi connectivity index (χ1) is 13.2. The Morgan fingerprint density at radius 3 is 2.78 bits per heavy atom. The largest absolute Gasteiger partial charge is 0.337 e. The van der Waals surface area contributed by atoms with Crippen molar-refractivity contribution in [1.29, 1.82) is 0 Å².